The summed E-state index contributed by atoms with van der Waals surface area (Å²) in [5.41, 5.74) is 1.71. The van der Waals surface area contributed by atoms with Crippen LogP contribution in [0.25, 0.3) is 10.6 Å². The van der Waals surface area contributed by atoms with Gasteiger partial charge in [-0.3, -0.25) is 4.79 Å². The van der Waals surface area contributed by atoms with Gasteiger partial charge in [-0.05, 0) is 32.4 Å². The number of nitrogens with one attached hydrogen (secondary N) is 2. The van der Waals surface area contributed by atoms with E-state index in [1.54, 1.807) is 0 Å². The van der Waals surface area contributed by atoms with Crippen LogP contribution in [0.2, 0.25) is 5.02 Å². The second kappa shape index (κ2) is 10.3. The molecule has 2 aromatic rings. The number of hydrogen-bond acceptors (Lipinski definition) is 4. The van der Waals surface area contributed by atoms with Gasteiger partial charge in [0, 0.05) is 23.0 Å². The maximum Gasteiger partial charge on any atom is 0.226 e. The molecule has 0 saturated carbocycles. The Balaban J connectivity index is 0.00000156. The van der Waals surface area contributed by atoms with Crippen molar-refractivity contribution in [1.82, 2.24) is 15.6 Å². The van der Waals surface area contributed by atoms with Crippen LogP contribution in [0.5, 0.6) is 0 Å². The third-order valence-electron chi connectivity index (χ3n) is 3.99. The fourth-order valence-corrected chi connectivity index (χ4v) is 3.99. The van der Waals surface area contributed by atoms with E-state index in [0.717, 1.165) is 35.7 Å². The number of nitrogens with zero attached hydrogens (tertiary/aromatic N) is 1. The molecule has 0 aliphatic carbocycles. The first-order valence-corrected chi connectivity index (χ1v) is 9.09. The second-order valence-electron chi connectivity index (χ2n) is 5.94. The molecule has 2 N–H and O–H groups in total. The van der Waals surface area contributed by atoms with E-state index >= 15 is 0 Å². The standard InChI is InChI=1S/C17H20ClN3OS.2ClH/c1-11-8-12(6-7-19-11)20-16(22)9-13-10-23-17(21-13)14-4-2-3-5-15(14)18;;/h2-5,10-12,19H,6-9H2,1H3,(H,20,22);2*1H. The summed E-state index contributed by atoms with van der Waals surface area (Å²) in [5, 5.41) is 9.98. The Bertz CT molecular complexity index is 695. The molecule has 8 heteroatoms. The van der Waals surface area contributed by atoms with E-state index in [-0.39, 0.29) is 36.8 Å². The molecule has 1 saturated heterocycles. The summed E-state index contributed by atoms with van der Waals surface area (Å²) in [4.78, 5) is 16.8. The van der Waals surface area contributed by atoms with Crippen molar-refractivity contribution in [2.24, 2.45) is 0 Å². The van der Waals surface area contributed by atoms with Gasteiger partial charge >= 0.3 is 0 Å². The molecule has 3 rings (SSSR count). The molecule has 2 heterocycles. The van der Waals surface area contributed by atoms with Crippen molar-refractivity contribution in [3.8, 4) is 10.6 Å². The molecule has 0 spiro atoms. The van der Waals surface area contributed by atoms with Gasteiger partial charge in [-0.2, -0.15) is 0 Å². The largest absolute Gasteiger partial charge is 0.353 e. The monoisotopic (exact) mass is 421 g/mol. The van der Waals surface area contributed by atoms with Crippen molar-refractivity contribution >= 4 is 53.7 Å². The first kappa shape index (κ1) is 22.2. The maximum atomic E-state index is 12.2. The lowest BCUT2D eigenvalue weighted by Gasteiger charge is -2.28. The lowest BCUT2D eigenvalue weighted by Crippen LogP contribution is -2.46. The maximum absolute atomic E-state index is 12.2. The van der Waals surface area contributed by atoms with Crippen LogP contribution in [0.3, 0.4) is 0 Å². The Hall–Kier alpha value is -0.850. The Morgan fingerprint density at radius 1 is 1.40 bits per heavy atom. The summed E-state index contributed by atoms with van der Waals surface area (Å²) in [5.74, 6) is 0.0418. The Kier molecular flexibility index (Phi) is 9.17. The summed E-state index contributed by atoms with van der Waals surface area (Å²) < 4.78 is 0. The van der Waals surface area contributed by atoms with Gasteiger partial charge in [-0.15, -0.1) is 36.2 Å². The van der Waals surface area contributed by atoms with Crippen LogP contribution in [0, 0.1) is 0 Å². The molecule has 4 nitrogen and oxygen atoms in total. The highest BCUT2D eigenvalue weighted by molar-refractivity contribution is 7.13. The van der Waals surface area contributed by atoms with E-state index < -0.39 is 0 Å². The van der Waals surface area contributed by atoms with Crippen molar-refractivity contribution in [3.05, 3.63) is 40.4 Å². The van der Waals surface area contributed by atoms with Gasteiger partial charge in [0.25, 0.3) is 0 Å². The molecule has 2 unspecified atom stereocenters. The summed E-state index contributed by atoms with van der Waals surface area (Å²) in [6.45, 7) is 3.11. The molecule has 1 aliphatic heterocycles. The van der Waals surface area contributed by atoms with E-state index in [1.807, 2.05) is 29.6 Å². The number of benzene rings is 1. The highest BCUT2D eigenvalue weighted by Gasteiger charge is 2.20. The third-order valence-corrected chi connectivity index (χ3v) is 5.24. The number of hydrogen-bond donors (Lipinski definition) is 2. The third kappa shape index (κ3) is 6.12. The molecule has 1 aliphatic rings. The average molecular weight is 423 g/mol. The van der Waals surface area contributed by atoms with Crippen molar-refractivity contribution in [2.45, 2.75) is 38.3 Å². The zero-order chi connectivity index (χ0) is 16.2. The lowest BCUT2D eigenvalue weighted by atomic mass is 10.0. The van der Waals surface area contributed by atoms with E-state index in [1.165, 1.54) is 11.3 Å². The number of piperidine rings is 1. The molecule has 0 radical (unpaired) electrons. The van der Waals surface area contributed by atoms with Gasteiger partial charge < -0.3 is 10.6 Å². The molecular weight excluding hydrogens is 401 g/mol. The molecule has 1 amide bonds. The number of amides is 1. The Labute approximate surface area is 169 Å². The minimum atomic E-state index is 0. The van der Waals surface area contributed by atoms with Gasteiger partial charge in [-0.1, -0.05) is 29.8 Å². The number of aromatic nitrogens is 1. The van der Waals surface area contributed by atoms with Gasteiger partial charge in [-0.25, -0.2) is 4.98 Å². The Morgan fingerprint density at radius 2 is 2.16 bits per heavy atom. The van der Waals surface area contributed by atoms with Crippen LogP contribution in [0.15, 0.2) is 29.6 Å². The van der Waals surface area contributed by atoms with E-state index in [0.29, 0.717) is 17.5 Å². The number of rotatable bonds is 4. The molecule has 1 fully saturated rings. The average Bonchev–Trinajstić information content (AvgIpc) is 2.95. The van der Waals surface area contributed by atoms with Gasteiger partial charge in [0.15, 0.2) is 0 Å². The van der Waals surface area contributed by atoms with Crippen LogP contribution in [-0.2, 0) is 11.2 Å². The van der Waals surface area contributed by atoms with E-state index in [9.17, 15) is 4.79 Å². The van der Waals surface area contributed by atoms with Crippen LogP contribution < -0.4 is 10.6 Å². The minimum absolute atomic E-state index is 0. The van der Waals surface area contributed by atoms with Crippen LogP contribution in [-0.4, -0.2) is 29.5 Å². The zero-order valence-corrected chi connectivity index (χ0v) is 17.0. The summed E-state index contributed by atoms with van der Waals surface area (Å²) in [7, 11) is 0. The van der Waals surface area contributed by atoms with Crippen molar-refractivity contribution in [3.63, 3.8) is 0 Å². The predicted octanol–water partition coefficient (Wildman–Crippen LogP) is 4.11. The smallest absolute Gasteiger partial charge is 0.226 e. The second-order valence-corrected chi connectivity index (χ2v) is 7.21. The summed E-state index contributed by atoms with van der Waals surface area (Å²) >= 11 is 7.72. The fourth-order valence-electron chi connectivity index (χ4n) is 2.85. The molecule has 0 bridgehead atoms. The molecule has 2 atom stereocenters. The summed E-state index contributed by atoms with van der Waals surface area (Å²) in [6, 6.07) is 8.35. The van der Waals surface area contributed by atoms with Gasteiger partial charge in [0.1, 0.15) is 5.01 Å². The number of carbonyl (C=O) groups is 1. The van der Waals surface area contributed by atoms with Gasteiger partial charge in [0.2, 0.25) is 5.91 Å². The Morgan fingerprint density at radius 3 is 2.88 bits per heavy atom. The summed E-state index contributed by atoms with van der Waals surface area (Å²) in [6.07, 6.45) is 2.28. The van der Waals surface area contributed by atoms with Crippen molar-refractivity contribution in [1.29, 1.82) is 0 Å². The highest BCUT2D eigenvalue weighted by Crippen LogP contribution is 2.30. The highest BCUT2D eigenvalue weighted by atomic mass is 35.5. The number of carbonyl (C=O) groups excluding carboxylic acids is 1. The lowest BCUT2D eigenvalue weighted by molar-refractivity contribution is -0.121. The van der Waals surface area contributed by atoms with E-state index in [4.69, 9.17) is 11.6 Å². The minimum Gasteiger partial charge on any atom is -0.353 e. The molecule has 1 aromatic carbocycles. The zero-order valence-electron chi connectivity index (χ0n) is 13.8. The number of thiazole rings is 1. The SMILES string of the molecule is CC1CC(NC(=O)Cc2csc(-c3ccccc3Cl)n2)CCN1.Cl.Cl. The first-order valence-electron chi connectivity index (χ1n) is 7.84. The quantitative estimate of drug-likeness (QED) is 0.779. The van der Waals surface area contributed by atoms with Crippen molar-refractivity contribution in [2.75, 3.05) is 6.54 Å². The van der Waals surface area contributed by atoms with Crippen LogP contribution >= 0.6 is 47.8 Å². The van der Waals surface area contributed by atoms with Gasteiger partial charge in [0.05, 0.1) is 17.1 Å². The van der Waals surface area contributed by atoms with Crippen LogP contribution in [0.4, 0.5) is 0 Å². The molecule has 25 heavy (non-hydrogen) atoms. The normalized spacial score (nSPS) is 19.4. The van der Waals surface area contributed by atoms with Crippen LogP contribution in [0.1, 0.15) is 25.5 Å². The molecule has 1 aromatic heterocycles. The number of halogens is 3. The topological polar surface area (TPSA) is 54.0 Å². The molecular formula is C17H22Cl3N3OS. The predicted molar refractivity (Wildman–Crippen MR) is 109 cm³/mol. The first-order chi connectivity index (χ1) is 11.1. The fraction of sp³-hybridized carbons (Fsp3) is 0.412. The van der Waals surface area contributed by atoms with Crippen molar-refractivity contribution < 1.29 is 4.79 Å². The molecule has 138 valence electrons. The van der Waals surface area contributed by atoms with E-state index in [2.05, 4.69) is 22.5 Å².